The molecule has 2 aromatic carbocycles. The highest BCUT2D eigenvalue weighted by Crippen LogP contribution is 2.20. The number of thioether (sulfide) groups is 1. The van der Waals surface area contributed by atoms with Gasteiger partial charge in [-0.1, -0.05) is 48.5 Å². The normalized spacial score (nSPS) is 11.8. The van der Waals surface area contributed by atoms with Gasteiger partial charge in [0.25, 0.3) is 0 Å². The van der Waals surface area contributed by atoms with Gasteiger partial charge in [-0.2, -0.15) is 0 Å². The monoisotopic (exact) mass is 272 g/mol. The quantitative estimate of drug-likeness (QED) is 0.606. The minimum atomic E-state index is -0.204. The Kier molecular flexibility index (Phi) is 5.04. The first-order chi connectivity index (χ1) is 9.25. The first-order valence-corrected chi connectivity index (χ1v) is 7.16. The van der Waals surface area contributed by atoms with Crippen molar-refractivity contribution in [3.63, 3.8) is 0 Å². The molecule has 19 heavy (non-hydrogen) atoms. The zero-order chi connectivity index (χ0) is 13.5. The first-order valence-electron chi connectivity index (χ1n) is 6.18. The molecule has 2 rings (SSSR count). The molecule has 0 saturated heterocycles. The van der Waals surface area contributed by atoms with Crippen LogP contribution in [0.15, 0.2) is 65.6 Å². The Balaban J connectivity index is 1.82. The molecule has 98 valence electrons. The predicted octanol–water partition coefficient (Wildman–Crippen LogP) is 4.08. The number of hydrogen-bond acceptors (Lipinski definition) is 3. The molecule has 0 aliphatic carbocycles. The van der Waals surface area contributed by atoms with E-state index in [0.29, 0.717) is 5.75 Å². The van der Waals surface area contributed by atoms with Gasteiger partial charge in [0.05, 0.1) is 5.75 Å². The van der Waals surface area contributed by atoms with E-state index in [1.807, 2.05) is 67.6 Å². The average Bonchev–Trinajstić information content (AvgIpc) is 2.47. The molecule has 0 bridgehead atoms. The largest absolute Gasteiger partial charge is 0.457 e. The van der Waals surface area contributed by atoms with Crippen LogP contribution in [-0.2, 0) is 9.53 Å². The third-order valence-corrected chi connectivity index (χ3v) is 3.66. The number of carbonyl (C=O) groups is 1. The van der Waals surface area contributed by atoms with Crippen molar-refractivity contribution in [3.8, 4) is 0 Å². The Hall–Kier alpha value is -1.74. The fraction of sp³-hybridized carbons (Fsp3) is 0.188. The second kappa shape index (κ2) is 7.00. The summed E-state index contributed by atoms with van der Waals surface area (Å²) in [5.74, 6) is 0.145. The average molecular weight is 272 g/mol. The van der Waals surface area contributed by atoms with E-state index in [1.165, 1.54) is 11.8 Å². The number of rotatable bonds is 5. The van der Waals surface area contributed by atoms with E-state index in [2.05, 4.69) is 0 Å². The maximum atomic E-state index is 11.8. The molecule has 0 saturated carbocycles. The number of benzene rings is 2. The van der Waals surface area contributed by atoms with Crippen molar-refractivity contribution in [1.29, 1.82) is 0 Å². The molecular formula is C16H16O2S. The maximum Gasteiger partial charge on any atom is 0.316 e. The third kappa shape index (κ3) is 4.45. The third-order valence-electron chi connectivity index (χ3n) is 2.68. The highest BCUT2D eigenvalue weighted by molar-refractivity contribution is 8.00. The molecule has 0 aromatic heterocycles. The van der Waals surface area contributed by atoms with E-state index in [9.17, 15) is 4.79 Å². The van der Waals surface area contributed by atoms with E-state index in [4.69, 9.17) is 4.74 Å². The summed E-state index contributed by atoms with van der Waals surface area (Å²) < 4.78 is 5.40. The summed E-state index contributed by atoms with van der Waals surface area (Å²) in [6, 6.07) is 19.6. The van der Waals surface area contributed by atoms with E-state index in [0.717, 1.165) is 10.5 Å². The van der Waals surface area contributed by atoms with Gasteiger partial charge >= 0.3 is 5.97 Å². The summed E-state index contributed by atoms with van der Waals surface area (Å²) in [5, 5.41) is 0. The van der Waals surface area contributed by atoms with E-state index < -0.39 is 0 Å². The van der Waals surface area contributed by atoms with Crippen molar-refractivity contribution in [1.82, 2.24) is 0 Å². The molecule has 0 amide bonds. The lowest BCUT2D eigenvalue weighted by atomic mass is 10.1. The molecule has 0 N–H and O–H groups in total. The van der Waals surface area contributed by atoms with Crippen LogP contribution < -0.4 is 0 Å². The summed E-state index contributed by atoms with van der Waals surface area (Å²) in [7, 11) is 0. The molecule has 2 aromatic rings. The zero-order valence-corrected chi connectivity index (χ0v) is 11.6. The van der Waals surface area contributed by atoms with Crippen molar-refractivity contribution in [2.24, 2.45) is 0 Å². The second-order valence-corrected chi connectivity index (χ2v) is 5.19. The highest BCUT2D eigenvalue weighted by Gasteiger charge is 2.11. The Morgan fingerprint density at radius 3 is 2.26 bits per heavy atom. The van der Waals surface area contributed by atoms with Crippen LogP contribution in [0.1, 0.15) is 18.6 Å². The molecule has 0 spiro atoms. The molecule has 0 aliphatic heterocycles. The van der Waals surface area contributed by atoms with E-state index >= 15 is 0 Å². The van der Waals surface area contributed by atoms with Crippen molar-refractivity contribution >= 4 is 17.7 Å². The Morgan fingerprint density at radius 2 is 1.63 bits per heavy atom. The van der Waals surface area contributed by atoms with E-state index in [1.54, 1.807) is 0 Å². The summed E-state index contributed by atoms with van der Waals surface area (Å²) in [6.07, 6.45) is -0.204. The lowest BCUT2D eigenvalue weighted by Gasteiger charge is -2.13. The lowest BCUT2D eigenvalue weighted by molar-refractivity contribution is -0.145. The number of ether oxygens (including phenoxy) is 1. The Labute approximate surface area is 117 Å². The standard InChI is InChI=1S/C16H16O2S/c1-13(14-8-4-2-5-9-14)18-16(17)12-19-15-10-6-3-7-11-15/h2-11,13H,12H2,1H3/t13-/m1/s1. The molecule has 1 atom stereocenters. The van der Waals surface area contributed by atoms with Crippen molar-refractivity contribution in [2.75, 3.05) is 5.75 Å². The smallest absolute Gasteiger partial charge is 0.316 e. The maximum absolute atomic E-state index is 11.8. The van der Waals surface area contributed by atoms with Crippen molar-refractivity contribution in [3.05, 3.63) is 66.2 Å². The van der Waals surface area contributed by atoms with Crippen molar-refractivity contribution < 1.29 is 9.53 Å². The minimum Gasteiger partial charge on any atom is -0.457 e. The lowest BCUT2D eigenvalue weighted by Crippen LogP contribution is -2.10. The molecule has 2 nitrogen and oxygen atoms in total. The SMILES string of the molecule is C[C@@H](OC(=O)CSc1ccccc1)c1ccccc1. The Morgan fingerprint density at radius 1 is 1.05 bits per heavy atom. The number of carbonyl (C=O) groups excluding carboxylic acids is 1. The van der Waals surface area contributed by atoms with Crippen LogP contribution in [0.25, 0.3) is 0 Å². The van der Waals surface area contributed by atoms with E-state index in [-0.39, 0.29) is 12.1 Å². The van der Waals surface area contributed by atoms with Gasteiger partial charge in [0.2, 0.25) is 0 Å². The van der Waals surface area contributed by atoms with Gasteiger partial charge < -0.3 is 4.74 Å². The summed E-state index contributed by atoms with van der Waals surface area (Å²) >= 11 is 1.49. The predicted molar refractivity (Wildman–Crippen MR) is 78.1 cm³/mol. The number of hydrogen-bond donors (Lipinski definition) is 0. The topological polar surface area (TPSA) is 26.3 Å². The highest BCUT2D eigenvalue weighted by atomic mass is 32.2. The van der Waals surface area contributed by atoms with Gasteiger partial charge in [0.15, 0.2) is 0 Å². The second-order valence-electron chi connectivity index (χ2n) is 4.14. The Bertz CT molecular complexity index is 511. The summed E-state index contributed by atoms with van der Waals surface area (Å²) in [5.41, 5.74) is 1.01. The van der Waals surface area contributed by atoms with Gasteiger partial charge in [-0.15, -0.1) is 11.8 Å². The van der Waals surface area contributed by atoms with Crippen LogP contribution in [0, 0.1) is 0 Å². The van der Waals surface area contributed by atoms with Crippen LogP contribution in [-0.4, -0.2) is 11.7 Å². The number of esters is 1. The van der Waals surface area contributed by atoms with Gasteiger partial charge in [-0.25, -0.2) is 0 Å². The van der Waals surface area contributed by atoms with Crippen LogP contribution in [0.3, 0.4) is 0 Å². The molecular weight excluding hydrogens is 256 g/mol. The van der Waals surface area contributed by atoms with Crippen LogP contribution in [0.4, 0.5) is 0 Å². The summed E-state index contributed by atoms with van der Waals surface area (Å²) in [4.78, 5) is 12.8. The fourth-order valence-corrected chi connectivity index (χ4v) is 2.38. The molecule has 0 unspecified atom stereocenters. The fourth-order valence-electron chi connectivity index (χ4n) is 1.68. The van der Waals surface area contributed by atoms with Gasteiger partial charge in [-0.05, 0) is 24.6 Å². The van der Waals surface area contributed by atoms with Crippen LogP contribution >= 0.6 is 11.8 Å². The van der Waals surface area contributed by atoms with Crippen LogP contribution in [0.5, 0.6) is 0 Å². The molecule has 3 heteroatoms. The van der Waals surface area contributed by atoms with Crippen molar-refractivity contribution in [2.45, 2.75) is 17.9 Å². The van der Waals surface area contributed by atoms with Gasteiger partial charge in [0.1, 0.15) is 6.10 Å². The molecule has 0 heterocycles. The minimum absolute atomic E-state index is 0.190. The van der Waals surface area contributed by atoms with Gasteiger partial charge in [0, 0.05) is 4.90 Å². The summed E-state index contributed by atoms with van der Waals surface area (Å²) in [6.45, 7) is 1.89. The van der Waals surface area contributed by atoms with Crippen LogP contribution in [0.2, 0.25) is 0 Å². The van der Waals surface area contributed by atoms with Gasteiger partial charge in [-0.3, -0.25) is 4.79 Å². The first kappa shape index (κ1) is 13.7. The molecule has 0 fully saturated rings. The zero-order valence-electron chi connectivity index (χ0n) is 10.8. The molecule has 0 aliphatic rings. The molecule has 0 radical (unpaired) electrons.